The molecule has 4 N–H and O–H groups in total. The lowest BCUT2D eigenvalue weighted by Crippen LogP contribution is -2.17. The van der Waals surface area contributed by atoms with Crippen LogP contribution in [-0.4, -0.2) is 12.0 Å². The summed E-state index contributed by atoms with van der Waals surface area (Å²) in [5.41, 5.74) is 11.8. The molecule has 0 fully saturated rings. The maximum Gasteiger partial charge on any atom is 0.252 e. The first-order valence-electron chi connectivity index (χ1n) is 6.90. The van der Waals surface area contributed by atoms with E-state index in [2.05, 4.69) is 6.92 Å². The molecule has 106 valence electrons. The summed E-state index contributed by atoms with van der Waals surface area (Å²) < 4.78 is 5.79. The quantitative estimate of drug-likeness (QED) is 0.559. The molecule has 0 aliphatic rings. The molecule has 0 aromatic heterocycles. The van der Waals surface area contributed by atoms with Gasteiger partial charge in [0.1, 0.15) is 5.75 Å². The van der Waals surface area contributed by atoms with Crippen LogP contribution in [0.1, 0.15) is 56.3 Å². The van der Waals surface area contributed by atoms with E-state index in [1.54, 1.807) is 18.2 Å². The summed E-state index contributed by atoms with van der Waals surface area (Å²) in [7, 11) is 0. The minimum Gasteiger partial charge on any atom is -0.490 e. The van der Waals surface area contributed by atoms with Crippen LogP contribution in [0.3, 0.4) is 0 Å². The van der Waals surface area contributed by atoms with Crippen LogP contribution >= 0.6 is 0 Å². The summed E-state index contributed by atoms with van der Waals surface area (Å²) >= 11 is 0. The maximum absolute atomic E-state index is 11.3. The third kappa shape index (κ3) is 5.20. The zero-order valence-corrected chi connectivity index (χ0v) is 11.8. The van der Waals surface area contributed by atoms with E-state index in [4.69, 9.17) is 16.2 Å². The Morgan fingerprint density at radius 1 is 1.32 bits per heavy atom. The van der Waals surface area contributed by atoms with Crippen LogP contribution in [0.15, 0.2) is 18.2 Å². The number of rotatable bonds is 8. The van der Waals surface area contributed by atoms with Crippen molar-refractivity contribution in [1.82, 2.24) is 0 Å². The summed E-state index contributed by atoms with van der Waals surface area (Å²) in [4.78, 5) is 11.3. The van der Waals surface area contributed by atoms with Gasteiger partial charge in [0.15, 0.2) is 0 Å². The third-order valence-electron chi connectivity index (χ3n) is 3.06. The Bertz CT molecular complexity index is 419. The van der Waals surface area contributed by atoms with Gasteiger partial charge in [0.05, 0.1) is 11.7 Å². The Morgan fingerprint density at radius 2 is 2.05 bits per heavy atom. The second-order valence-corrected chi connectivity index (χ2v) is 4.90. The molecule has 0 saturated heterocycles. The first-order valence-corrected chi connectivity index (χ1v) is 6.90. The van der Waals surface area contributed by atoms with Gasteiger partial charge in [-0.25, -0.2) is 0 Å². The second-order valence-electron chi connectivity index (χ2n) is 4.90. The van der Waals surface area contributed by atoms with Gasteiger partial charge < -0.3 is 16.2 Å². The Hall–Kier alpha value is -1.71. The van der Waals surface area contributed by atoms with Crippen LogP contribution < -0.4 is 16.2 Å². The first-order chi connectivity index (χ1) is 9.04. The van der Waals surface area contributed by atoms with Gasteiger partial charge in [-0.15, -0.1) is 0 Å². The summed E-state index contributed by atoms with van der Waals surface area (Å²) in [5.74, 6) is 0.00479. The van der Waals surface area contributed by atoms with Gasteiger partial charge in [0, 0.05) is 5.69 Å². The predicted octanol–water partition coefficient (Wildman–Crippen LogP) is 3.11. The summed E-state index contributed by atoms with van der Waals surface area (Å²) in [5, 5.41) is 0. The molecule has 4 heteroatoms. The number of carbonyl (C=O) groups is 1. The molecule has 0 aliphatic carbocycles. The van der Waals surface area contributed by atoms with E-state index in [1.807, 2.05) is 6.92 Å². The number of ether oxygens (including phenoxy) is 1. The van der Waals surface area contributed by atoms with Gasteiger partial charge in [-0.2, -0.15) is 0 Å². The highest BCUT2D eigenvalue weighted by Crippen LogP contribution is 2.23. The zero-order chi connectivity index (χ0) is 14.3. The molecule has 1 aromatic carbocycles. The van der Waals surface area contributed by atoms with Crippen molar-refractivity contribution in [2.24, 2.45) is 5.73 Å². The minimum absolute atomic E-state index is 0.0681. The molecule has 1 amide bonds. The van der Waals surface area contributed by atoms with Crippen molar-refractivity contribution in [2.45, 2.75) is 52.1 Å². The van der Waals surface area contributed by atoms with E-state index < -0.39 is 5.91 Å². The summed E-state index contributed by atoms with van der Waals surface area (Å²) in [6.45, 7) is 4.19. The smallest absolute Gasteiger partial charge is 0.252 e. The molecule has 1 aromatic rings. The van der Waals surface area contributed by atoms with Gasteiger partial charge in [-0.05, 0) is 38.0 Å². The van der Waals surface area contributed by atoms with Gasteiger partial charge in [0.25, 0.3) is 5.91 Å². The minimum atomic E-state index is -0.513. The molecule has 0 heterocycles. The lowest BCUT2D eigenvalue weighted by Gasteiger charge is -2.16. The van der Waals surface area contributed by atoms with Crippen LogP contribution in [0.4, 0.5) is 5.69 Å². The molecule has 0 saturated carbocycles. The first kappa shape index (κ1) is 15.3. The Balaban J connectivity index is 2.58. The van der Waals surface area contributed by atoms with Gasteiger partial charge in [-0.1, -0.05) is 26.2 Å². The largest absolute Gasteiger partial charge is 0.490 e. The summed E-state index contributed by atoms with van der Waals surface area (Å²) in [6.07, 6.45) is 5.87. The van der Waals surface area contributed by atoms with Crippen LogP contribution in [-0.2, 0) is 0 Å². The summed E-state index contributed by atoms with van der Waals surface area (Å²) in [6, 6.07) is 4.98. The Kier molecular flexibility index (Phi) is 6.19. The fourth-order valence-electron chi connectivity index (χ4n) is 1.98. The molecule has 0 aliphatic heterocycles. The SMILES string of the molecule is CCCCCCC(C)Oc1ccc(N)cc1C(N)=O. The highest BCUT2D eigenvalue weighted by atomic mass is 16.5. The second kappa shape index (κ2) is 7.67. The molecule has 0 bridgehead atoms. The molecule has 0 spiro atoms. The number of amides is 1. The zero-order valence-electron chi connectivity index (χ0n) is 11.8. The lowest BCUT2D eigenvalue weighted by atomic mass is 10.1. The van der Waals surface area contributed by atoms with Gasteiger partial charge in [0.2, 0.25) is 0 Å². The number of carbonyl (C=O) groups excluding carboxylic acids is 1. The van der Waals surface area contributed by atoms with Crippen molar-refractivity contribution in [3.63, 3.8) is 0 Å². The number of anilines is 1. The maximum atomic E-state index is 11.3. The molecule has 1 atom stereocenters. The fraction of sp³-hybridized carbons (Fsp3) is 0.533. The fourth-order valence-corrected chi connectivity index (χ4v) is 1.98. The van der Waals surface area contributed by atoms with Crippen molar-refractivity contribution >= 4 is 11.6 Å². The van der Waals surface area contributed by atoms with Gasteiger partial charge in [-0.3, -0.25) is 4.79 Å². The van der Waals surface area contributed by atoms with Crippen LogP contribution in [0.5, 0.6) is 5.75 Å². The van der Waals surface area contributed by atoms with E-state index in [0.29, 0.717) is 17.0 Å². The molecular formula is C15H24N2O2. The highest BCUT2D eigenvalue weighted by molar-refractivity contribution is 5.96. The monoisotopic (exact) mass is 264 g/mol. The molecule has 19 heavy (non-hydrogen) atoms. The third-order valence-corrected chi connectivity index (χ3v) is 3.06. The molecule has 4 nitrogen and oxygen atoms in total. The van der Waals surface area contributed by atoms with E-state index in [0.717, 1.165) is 12.8 Å². The Morgan fingerprint density at radius 3 is 2.68 bits per heavy atom. The van der Waals surface area contributed by atoms with Crippen molar-refractivity contribution in [3.05, 3.63) is 23.8 Å². The topological polar surface area (TPSA) is 78.3 Å². The standard InChI is InChI=1S/C15H24N2O2/c1-3-4-5-6-7-11(2)19-14-9-8-12(16)10-13(14)15(17)18/h8-11H,3-7,16H2,1-2H3,(H2,17,18). The normalized spacial score (nSPS) is 12.1. The molecule has 1 unspecified atom stereocenters. The van der Waals surface area contributed by atoms with Crippen LogP contribution in [0.25, 0.3) is 0 Å². The molecular weight excluding hydrogens is 240 g/mol. The van der Waals surface area contributed by atoms with Crippen molar-refractivity contribution in [2.75, 3.05) is 5.73 Å². The number of hydrogen-bond acceptors (Lipinski definition) is 3. The number of benzene rings is 1. The van der Waals surface area contributed by atoms with E-state index in [1.165, 1.54) is 19.3 Å². The van der Waals surface area contributed by atoms with Gasteiger partial charge >= 0.3 is 0 Å². The van der Waals surface area contributed by atoms with Crippen molar-refractivity contribution in [1.29, 1.82) is 0 Å². The average molecular weight is 264 g/mol. The lowest BCUT2D eigenvalue weighted by molar-refractivity contribution is 0.0993. The number of primary amides is 1. The Labute approximate surface area is 115 Å². The molecule has 0 radical (unpaired) electrons. The molecule has 1 rings (SSSR count). The number of nitrogen functional groups attached to an aromatic ring is 1. The predicted molar refractivity (Wildman–Crippen MR) is 78.2 cm³/mol. The van der Waals surface area contributed by atoms with Crippen LogP contribution in [0, 0.1) is 0 Å². The van der Waals surface area contributed by atoms with E-state index in [-0.39, 0.29) is 6.10 Å². The van der Waals surface area contributed by atoms with E-state index >= 15 is 0 Å². The number of hydrogen-bond donors (Lipinski definition) is 2. The number of unbranched alkanes of at least 4 members (excludes halogenated alkanes) is 3. The average Bonchev–Trinajstić information content (AvgIpc) is 2.36. The number of nitrogens with two attached hydrogens (primary N) is 2. The highest BCUT2D eigenvalue weighted by Gasteiger charge is 2.12. The van der Waals surface area contributed by atoms with E-state index in [9.17, 15) is 4.79 Å². The van der Waals surface area contributed by atoms with Crippen molar-refractivity contribution < 1.29 is 9.53 Å². The van der Waals surface area contributed by atoms with Crippen LogP contribution in [0.2, 0.25) is 0 Å². The van der Waals surface area contributed by atoms with Crippen molar-refractivity contribution in [3.8, 4) is 5.75 Å².